The number of thiophene rings is 1. The molecule has 2 unspecified atom stereocenters. The van der Waals surface area contributed by atoms with E-state index in [9.17, 15) is 0 Å². The van der Waals surface area contributed by atoms with Crippen molar-refractivity contribution >= 4 is 21.4 Å². The van der Waals surface area contributed by atoms with Crippen molar-refractivity contribution in [2.45, 2.75) is 64.7 Å². The second kappa shape index (κ2) is 7.08. The third kappa shape index (κ3) is 3.23. The molecule has 4 saturated carbocycles. The maximum atomic E-state index is 6.46. The molecule has 3 aromatic rings. The van der Waals surface area contributed by atoms with Crippen LogP contribution in [0.4, 0.5) is 0 Å². The minimum atomic E-state index is 0.226. The summed E-state index contributed by atoms with van der Waals surface area (Å²) in [5.41, 5.74) is 5.18. The molecule has 7 rings (SSSR count). The molecule has 4 aliphatic carbocycles. The maximum Gasteiger partial charge on any atom is 0.188 e. The van der Waals surface area contributed by atoms with Crippen molar-refractivity contribution in [3.8, 4) is 16.2 Å². The van der Waals surface area contributed by atoms with Gasteiger partial charge in [0.2, 0.25) is 0 Å². The predicted octanol–water partition coefficient (Wildman–Crippen LogP) is 8.11. The summed E-state index contributed by atoms with van der Waals surface area (Å²) in [5, 5.41) is 1.31. The van der Waals surface area contributed by atoms with Gasteiger partial charge < -0.3 is 9.47 Å². The average molecular weight is 447 g/mol. The van der Waals surface area contributed by atoms with Gasteiger partial charge in [-0.05, 0) is 91.3 Å². The largest absolute Gasteiger partial charge is 0.467 e. The highest BCUT2D eigenvalue weighted by Crippen LogP contribution is 2.70. The van der Waals surface area contributed by atoms with Crippen molar-refractivity contribution in [2.75, 3.05) is 13.9 Å². The zero-order valence-corrected chi connectivity index (χ0v) is 20.6. The highest BCUT2D eigenvalue weighted by atomic mass is 32.1. The molecule has 168 valence electrons. The van der Waals surface area contributed by atoms with Crippen LogP contribution in [0.3, 0.4) is 0 Å². The summed E-state index contributed by atoms with van der Waals surface area (Å²) >= 11 is 1.87. The van der Waals surface area contributed by atoms with Crippen LogP contribution in [-0.4, -0.2) is 13.9 Å². The molecule has 1 aromatic heterocycles. The molecule has 4 aliphatic rings. The van der Waals surface area contributed by atoms with Crippen molar-refractivity contribution in [3.05, 3.63) is 53.6 Å². The lowest BCUT2D eigenvalue weighted by Crippen LogP contribution is -2.56. The van der Waals surface area contributed by atoms with Crippen LogP contribution in [0.2, 0.25) is 0 Å². The molecule has 4 atom stereocenters. The van der Waals surface area contributed by atoms with Crippen LogP contribution in [0.15, 0.2) is 42.5 Å². The van der Waals surface area contributed by atoms with E-state index in [-0.39, 0.29) is 5.41 Å². The highest BCUT2D eigenvalue weighted by Gasteiger charge is 2.61. The van der Waals surface area contributed by atoms with E-state index >= 15 is 0 Å². The molecular formula is C29H34O2S. The van der Waals surface area contributed by atoms with Crippen LogP contribution in [0.25, 0.3) is 20.5 Å². The number of methoxy groups -OCH3 is 1. The number of fused-ring (bicyclic) bond motifs is 1. The molecular weight excluding hydrogens is 412 g/mol. The first-order valence-electron chi connectivity index (χ1n) is 12.1. The molecule has 0 radical (unpaired) electrons. The van der Waals surface area contributed by atoms with Crippen LogP contribution >= 0.6 is 11.3 Å². The van der Waals surface area contributed by atoms with Crippen molar-refractivity contribution < 1.29 is 9.47 Å². The van der Waals surface area contributed by atoms with Crippen LogP contribution in [0, 0.1) is 23.7 Å². The molecule has 4 fully saturated rings. The summed E-state index contributed by atoms with van der Waals surface area (Å²) in [5.74, 6) is 1.92. The fraction of sp³-hybridized carbons (Fsp3) is 0.517. The van der Waals surface area contributed by atoms with Crippen molar-refractivity contribution in [1.82, 2.24) is 0 Å². The second-order valence-electron chi connectivity index (χ2n) is 11.8. The first kappa shape index (κ1) is 20.7. The number of aryl methyl sites for hydroxylation is 1. The third-order valence-electron chi connectivity index (χ3n) is 8.44. The zero-order chi connectivity index (χ0) is 22.1. The first-order chi connectivity index (χ1) is 15.3. The number of hydrogen-bond donors (Lipinski definition) is 0. The van der Waals surface area contributed by atoms with Gasteiger partial charge in [0.25, 0.3) is 0 Å². The molecule has 32 heavy (non-hydrogen) atoms. The zero-order valence-electron chi connectivity index (χ0n) is 19.8. The van der Waals surface area contributed by atoms with E-state index in [0.29, 0.717) is 17.6 Å². The Morgan fingerprint density at radius 1 is 0.969 bits per heavy atom. The van der Waals surface area contributed by atoms with Crippen molar-refractivity contribution in [1.29, 1.82) is 0 Å². The summed E-state index contributed by atoms with van der Waals surface area (Å²) in [6.45, 7) is 7.66. The van der Waals surface area contributed by atoms with Gasteiger partial charge >= 0.3 is 0 Å². The fourth-order valence-electron chi connectivity index (χ4n) is 8.49. The molecule has 1 heterocycles. The Bertz CT molecular complexity index is 1140. The van der Waals surface area contributed by atoms with E-state index in [4.69, 9.17) is 9.47 Å². The lowest BCUT2D eigenvalue weighted by atomic mass is 9.39. The van der Waals surface area contributed by atoms with Gasteiger partial charge in [0.05, 0.1) is 0 Å². The monoisotopic (exact) mass is 446 g/mol. The third-order valence-corrected chi connectivity index (χ3v) is 9.59. The Morgan fingerprint density at radius 2 is 1.72 bits per heavy atom. The molecule has 4 bridgehead atoms. The second-order valence-corrected chi connectivity index (χ2v) is 12.9. The van der Waals surface area contributed by atoms with Crippen LogP contribution in [-0.2, 0) is 10.2 Å². The number of hydrogen-bond acceptors (Lipinski definition) is 3. The summed E-state index contributed by atoms with van der Waals surface area (Å²) in [6, 6.07) is 15.8. The quantitative estimate of drug-likeness (QED) is 0.369. The molecule has 3 heteroatoms. The smallest absolute Gasteiger partial charge is 0.188 e. The van der Waals surface area contributed by atoms with E-state index in [2.05, 4.69) is 63.2 Å². The summed E-state index contributed by atoms with van der Waals surface area (Å²) in [4.78, 5) is 1.30. The van der Waals surface area contributed by atoms with Crippen LogP contribution in [0.5, 0.6) is 5.75 Å². The van der Waals surface area contributed by atoms with Gasteiger partial charge in [0, 0.05) is 33.2 Å². The lowest BCUT2D eigenvalue weighted by Gasteiger charge is -2.65. The highest BCUT2D eigenvalue weighted by molar-refractivity contribution is 7.22. The Labute approximate surface area is 195 Å². The van der Waals surface area contributed by atoms with Gasteiger partial charge in [-0.3, -0.25) is 0 Å². The first-order valence-corrected chi connectivity index (χ1v) is 12.9. The van der Waals surface area contributed by atoms with E-state index < -0.39 is 0 Å². The molecule has 0 aliphatic heterocycles. The normalized spacial score (nSPS) is 33.2. The SMILES string of the molecule is COCOc1c(-c2cc3ccccc3s2)cc(C)cc1C12CC3C[C@@](C)(C1)C[C@](C)(C3)C2. The summed E-state index contributed by atoms with van der Waals surface area (Å²) < 4.78 is 13.2. The molecule has 0 N–H and O–H groups in total. The molecule has 2 nitrogen and oxygen atoms in total. The van der Waals surface area contributed by atoms with Gasteiger partial charge in [-0.2, -0.15) is 0 Å². The summed E-state index contributed by atoms with van der Waals surface area (Å²) in [6.07, 6.45) is 8.12. The predicted molar refractivity (Wildman–Crippen MR) is 134 cm³/mol. The van der Waals surface area contributed by atoms with Gasteiger partial charge in [-0.25, -0.2) is 0 Å². The molecule has 0 amide bonds. The molecule has 0 spiro atoms. The van der Waals surface area contributed by atoms with Crippen molar-refractivity contribution in [2.24, 2.45) is 16.7 Å². The lowest BCUT2D eigenvalue weighted by molar-refractivity contribution is -0.110. The van der Waals surface area contributed by atoms with E-state index in [0.717, 1.165) is 11.7 Å². The molecule has 2 aromatic carbocycles. The number of rotatable bonds is 5. The van der Waals surface area contributed by atoms with Crippen molar-refractivity contribution in [3.63, 3.8) is 0 Å². The average Bonchev–Trinajstić information content (AvgIpc) is 3.14. The Morgan fingerprint density at radius 3 is 2.41 bits per heavy atom. The van der Waals surface area contributed by atoms with Gasteiger partial charge in [0.1, 0.15) is 5.75 Å². The van der Waals surface area contributed by atoms with Gasteiger partial charge in [-0.1, -0.05) is 38.1 Å². The maximum absolute atomic E-state index is 6.46. The number of ether oxygens (including phenoxy) is 2. The van der Waals surface area contributed by atoms with E-state index in [1.54, 1.807) is 7.11 Å². The standard InChI is InChI=1S/C29H34O2S/c1-19-9-22(25-11-21-7-5-6-8-24(21)32-25)26(31-18-30-4)23(10-19)29-14-20-12-27(2,16-29)15-28(3,13-20)17-29/h5-11,20H,12-18H2,1-4H3/t20?,27-,28+,29?. The van der Waals surface area contributed by atoms with E-state index in [1.807, 2.05) is 11.3 Å². The van der Waals surface area contributed by atoms with Crippen LogP contribution < -0.4 is 4.74 Å². The fourth-order valence-corrected chi connectivity index (χ4v) is 9.56. The van der Waals surface area contributed by atoms with Crippen LogP contribution in [0.1, 0.15) is 63.5 Å². The minimum absolute atomic E-state index is 0.226. The van der Waals surface area contributed by atoms with E-state index in [1.165, 1.54) is 70.2 Å². The Balaban J connectivity index is 1.55. The summed E-state index contributed by atoms with van der Waals surface area (Å²) in [7, 11) is 1.72. The molecule has 0 saturated heterocycles. The Kier molecular flexibility index (Phi) is 4.59. The Hall–Kier alpha value is -1.84. The number of benzene rings is 2. The van der Waals surface area contributed by atoms with Gasteiger partial charge in [-0.15, -0.1) is 11.3 Å². The topological polar surface area (TPSA) is 18.5 Å². The van der Waals surface area contributed by atoms with Gasteiger partial charge in [0.15, 0.2) is 6.79 Å². The minimum Gasteiger partial charge on any atom is -0.467 e.